The third-order valence-corrected chi connectivity index (χ3v) is 4.25. The highest BCUT2D eigenvalue weighted by Gasteiger charge is 2.22. The normalized spacial score (nSPS) is 16.8. The summed E-state index contributed by atoms with van der Waals surface area (Å²) in [5, 5.41) is 11.1. The van der Waals surface area contributed by atoms with Crippen LogP contribution in [0, 0.1) is 0 Å². The Kier molecular flexibility index (Phi) is 3.61. The molecule has 0 fully saturated rings. The van der Waals surface area contributed by atoms with Crippen LogP contribution in [0.1, 0.15) is 28.8 Å². The SMILES string of the molecule is COC(Cc1csc2c1CCCC2)C(=O)O. The molecule has 3 nitrogen and oxygen atoms in total. The number of hydrogen-bond acceptors (Lipinski definition) is 3. The highest BCUT2D eigenvalue weighted by Crippen LogP contribution is 2.31. The molecule has 1 aromatic heterocycles. The molecule has 16 heavy (non-hydrogen) atoms. The summed E-state index contributed by atoms with van der Waals surface area (Å²) in [6.07, 6.45) is 4.54. The van der Waals surface area contributed by atoms with Crippen LogP contribution in [-0.2, 0) is 28.8 Å². The number of carbonyl (C=O) groups is 1. The maximum Gasteiger partial charge on any atom is 0.333 e. The van der Waals surface area contributed by atoms with Crippen LogP contribution in [0.4, 0.5) is 0 Å². The molecule has 0 amide bonds. The van der Waals surface area contributed by atoms with Gasteiger partial charge in [0.1, 0.15) is 0 Å². The first-order valence-corrected chi connectivity index (χ1v) is 6.44. The molecule has 1 unspecified atom stereocenters. The maximum absolute atomic E-state index is 10.9. The van der Waals surface area contributed by atoms with Crippen molar-refractivity contribution in [3.8, 4) is 0 Å². The third kappa shape index (κ3) is 2.28. The van der Waals surface area contributed by atoms with Crippen LogP contribution in [0.15, 0.2) is 5.38 Å². The zero-order valence-corrected chi connectivity index (χ0v) is 10.2. The largest absolute Gasteiger partial charge is 0.479 e. The van der Waals surface area contributed by atoms with Gasteiger partial charge in [-0.15, -0.1) is 11.3 Å². The zero-order valence-electron chi connectivity index (χ0n) is 9.36. The van der Waals surface area contributed by atoms with Gasteiger partial charge in [-0.05, 0) is 42.2 Å². The summed E-state index contributed by atoms with van der Waals surface area (Å²) in [6, 6.07) is 0. The quantitative estimate of drug-likeness (QED) is 0.878. The molecule has 1 aliphatic rings. The van der Waals surface area contributed by atoms with Crippen LogP contribution in [0.2, 0.25) is 0 Å². The molecule has 0 saturated carbocycles. The van der Waals surface area contributed by atoms with Gasteiger partial charge in [0, 0.05) is 18.4 Å². The smallest absolute Gasteiger partial charge is 0.333 e. The van der Waals surface area contributed by atoms with Crippen LogP contribution in [0.5, 0.6) is 0 Å². The van der Waals surface area contributed by atoms with Gasteiger partial charge in [0.15, 0.2) is 6.10 Å². The number of methoxy groups -OCH3 is 1. The molecule has 1 atom stereocenters. The lowest BCUT2D eigenvalue weighted by molar-refractivity contribution is -0.148. The monoisotopic (exact) mass is 240 g/mol. The van der Waals surface area contributed by atoms with E-state index in [1.165, 1.54) is 36.0 Å². The molecule has 0 radical (unpaired) electrons. The van der Waals surface area contributed by atoms with Gasteiger partial charge in [0.05, 0.1) is 0 Å². The number of carboxylic acid groups (broad SMARTS) is 1. The van der Waals surface area contributed by atoms with Crippen molar-refractivity contribution in [1.82, 2.24) is 0 Å². The average molecular weight is 240 g/mol. The molecule has 2 rings (SSSR count). The number of rotatable bonds is 4. The summed E-state index contributed by atoms with van der Waals surface area (Å²) >= 11 is 1.77. The van der Waals surface area contributed by atoms with Crippen molar-refractivity contribution in [3.63, 3.8) is 0 Å². The van der Waals surface area contributed by atoms with Crippen molar-refractivity contribution in [2.45, 2.75) is 38.2 Å². The summed E-state index contributed by atoms with van der Waals surface area (Å²) in [4.78, 5) is 12.3. The van der Waals surface area contributed by atoms with Crippen LogP contribution >= 0.6 is 11.3 Å². The van der Waals surface area contributed by atoms with Gasteiger partial charge in [-0.2, -0.15) is 0 Å². The summed E-state index contributed by atoms with van der Waals surface area (Å²) in [5.41, 5.74) is 2.56. The number of fused-ring (bicyclic) bond motifs is 1. The zero-order chi connectivity index (χ0) is 11.5. The standard InChI is InChI=1S/C12H16O3S/c1-15-10(12(13)14)6-8-7-16-11-5-3-2-4-9(8)11/h7,10H,2-6H2,1H3,(H,13,14). The molecule has 0 saturated heterocycles. The number of ether oxygens (including phenoxy) is 1. The Hall–Kier alpha value is -0.870. The molecule has 0 aliphatic heterocycles. The maximum atomic E-state index is 10.9. The Bertz CT molecular complexity index is 384. The van der Waals surface area contributed by atoms with Gasteiger partial charge in [-0.25, -0.2) is 4.79 Å². The number of hydrogen-bond donors (Lipinski definition) is 1. The minimum Gasteiger partial charge on any atom is -0.479 e. The molecule has 1 aliphatic carbocycles. The lowest BCUT2D eigenvalue weighted by atomic mass is 9.94. The second-order valence-corrected chi connectivity index (χ2v) is 5.10. The van der Waals surface area contributed by atoms with Gasteiger partial charge < -0.3 is 9.84 Å². The summed E-state index contributed by atoms with van der Waals surface area (Å²) in [7, 11) is 1.46. The Labute approximate surface area is 99.1 Å². The van der Waals surface area contributed by atoms with Crippen LogP contribution < -0.4 is 0 Å². The Morgan fingerprint density at radius 1 is 1.56 bits per heavy atom. The third-order valence-electron chi connectivity index (χ3n) is 3.11. The molecule has 88 valence electrons. The van der Waals surface area contributed by atoms with Crippen molar-refractivity contribution in [3.05, 3.63) is 21.4 Å². The van der Waals surface area contributed by atoms with Gasteiger partial charge >= 0.3 is 5.97 Å². The highest BCUT2D eigenvalue weighted by atomic mass is 32.1. The van der Waals surface area contributed by atoms with E-state index in [4.69, 9.17) is 9.84 Å². The van der Waals surface area contributed by atoms with E-state index in [2.05, 4.69) is 5.38 Å². The lowest BCUT2D eigenvalue weighted by Crippen LogP contribution is -2.25. The van der Waals surface area contributed by atoms with Crippen molar-refractivity contribution < 1.29 is 14.6 Å². The fraction of sp³-hybridized carbons (Fsp3) is 0.583. The van der Waals surface area contributed by atoms with Crippen LogP contribution in [-0.4, -0.2) is 24.3 Å². The highest BCUT2D eigenvalue weighted by molar-refractivity contribution is 7.10. The molecule has 1 heterocycles. The van der Waals surface area contributed by atoms with E-state index in [1.807, 2.05) is 0 Å². The molecule has 0 bridgehead atoms. The Morgan fingerprint density at radius 2 is 2.31 bits per heavy atom. The van der Waals surface area contributed by atoms with E-state index in [0.29, 0.717) is 6.42 Å². The molecule has 4 heteroatoms. The van der Waals surface area contributed by atoms with E-state index in [0.717, 1.165) is 12.8 Å². The van der Waals surface area contributed by atoms with Crippen molar-refractivity contribution >= 4 is 17.3 Å². The van der Waals surface area contributed by atoms with E-state index in [-0.39, 0.29) is 0 Å². The minimum atomic E-state index is -0.877. The average Bonchev–Trinajstić information content (AvgIpc) is 2.69. The first-order valence-electron chi connectivity index (χ1n) is 5.56. The molecular formula is C12H16O3S. The van der Waals surface area contributed by atoms with Crippen molar-refractivity contribution in [1.29, 1.82) is 0 Å². The molecule has 0 spiro atoms. The second-order valence-electron chi connectivity index (χ2n) is 4.14. The van der Waals surface area contributed by atoms with E-state index in [1.54, 1.807) is 11.3 Å². The Balaban J connectivity index is 2.15. The predicted molar refractivity (Wildman–Crippen MR) is 63.1 cm³/mol. The van der Waals surface area contributed by atoms with Crippen LogP contribution in [0.3, 0.4) is 0 Å². The van der Waals surface area contributed by atoms with E-state index >= 15 is 0 Å². The summed E-state index contributed by atoms with van der Waals surface area (Å²) < 4.78 is 4.98. The molecule has 1 aromatic rings. The number of aliphatic carboxylic acids is 1. The number of aryl methyl sites for hydroxylation is 1. The van der Waals surface area contributed by atoms with Crippen molar-refractivity contribution in [2.24, 2.45) is 0 Å². The van der Waals surface area contributed by atoms with E-state index < -0.39 is 12.1 Å². The minimum absolute atomic E-state index is 0.498. The summed E-state index contributed by atoms with van der Waals surface area (Å²) in [5.74, 6) is -0.877. The second kappa shape index (κ2) is 4.97. The Morgan fingerprint density at radius 3 is 3.00 bits per heavy atom. The predicted octanol–water partition coefficient (Wildman–Crippen LogP) is 2.27. The van der Waals surface area contributed by atoms with Gasteiger partial charge in [-0.1, -0.05) is 0 Å². The fourth-order valence-electron chi connectivity index (χ4n) is 2.20. The molecule has 0 aromatic carbocycles. The van der Waals surface area contributed by atoms with Crippen LogP contribution in [0.25, 0.3) is 0 Å². The van der Waals surface area contributed by atoms with Gasteiger partial charge in [0.2, 0.25) is 0 Å². The first kappa shape index (κ1) is 11.6. The van der Waals surface area contributed by atoms with E-state index in [9.17, 15) is 4.79 Å². The van der Waals surface area contributed by atoms with Gasteiger partial charge in [0.25, 0.3) is 0 Å². The number of thiophene rings is 1. The topological polar surface area (TPSA) is 46.5 Å². The fourth-order valence-corrected chi connectivity index (χ4v) is 3.36. The number of carboxylic acids is 1. The van der Waals surface area contributed by atoms with Gasteiger partial charge in [-0.3, -0.25) is 0 Å². The molecule has 1 N–H and O–H groups in total. The summed E-state index contributed by atoms with van der Waals surface area (Å²) in [6.45, 7) is 0. The van der Waals surface area contributed by atoms with Crippen molar-refractivity contribution in [2.75, 3.05) is 7.11 Å². The molecular weight excluding hydrogens is 224 g/mol. The first-order chi connectivity index (χ1) is 7.72. The lowest BCUT2D eigenvalue weighted by Gasteiger charge is -2.15.